The van der Waals surface area contributed by atoms with Crippen LogP contribution in [0.1, 0.15) is 25.7 Å². The van der Waals surface area contributed by atoms with Crippen LogP contribution in [0, 0.1) is 11.7 Å². The molecule has 158 valence electrons. The molecule has 0 spiro atoms. The first-order valence-corrected chi connectivity index (χ1v) is 9.84. The lowest BCUT2D eigenvalue weighted by atomic mass is 10.1. The molecule has 1 fully saturated rings. The van der Waals surface area contributed by atoms with Gasteiger partial charge in [-0.1, -0.05) is 12.8 Å². The van der Waals surface area contributed by atoms with Crippen molar-refractivity contribution < 1.29 is 17.6 Å². The number of rotatable bonds is 6. The summed E-state index contributed by atoms with van der Waals surface area (Å²) in [6.45, 7) is -0.471. The standard InChI is InChI=1S/C21H21F4N5/c22-16-7-5-15(6-8-16)18-19(30(13-28-18)12-21(23,24)25)17-9-10-26-20(29-17)27-11-14-3-1-2-4-14/h5-10,13-14H,1-4,11-12H2,(H,26,27,29). The fourth-order valence-electron chi connectivity index (χ4n) is 3.81. The summed E-state index contributed by atoms with van der Waals surface area (Å²) in [5.41, 5.74) is 1.34. The number of halogens is 4. The molecule has 2 heterocycles. The van der Waals surface area contributed by atoms with Gasteiger partial charge in [0, 0.05) is 18.3 Å². The molecule has 0 atom stereocenters. The molecule has 5 nitrogen and oxygen atoms in total. The lowest BCUT2D eigenvalue weighted by Crippen LogP contribution is -2.18. The maximum absolute atomic E-state index is 13.3. The van der Waals surface area contributed by atoms with Gasteiger partial charge in [0.25, 0.3) is 0 Å². The number of alkyl halides is 3. The van der Waals surface area contributed by atoms with Crippen LogP contribution in [0.4, 0.5) is 23.5 Å². The van der Waals surface area contributed by atoms with Gasteiger partial charge < -0.3 is 9.88 Å². The predicted molar refractivity (Wildman–Crippen MR) is 105 cm³/mol. The lowest BCUT2D eigenvalue weighted by Gasteiger charge is -2.14. The van der Waals surface area contributed by atoms with E-state index in [1.807, 2.05) is 0 Å². The molecule has 1 N–H and O–H groups in total. The zero-order valence-electron chi connectivity index (χ0n) is 16.2. The topological polar surface area (TPSA) is 55.6 Å². The van der Waals surface area contributed by atoms with Gasteiger partial charge in [-0.05, 0) is 49.1 Å². The highest BCUT2D eigenvalue weighted by molar-refractivity contribution is 5.77. The van der Waals surface area contributed by atoms with Crippen LogP contribution < -0.4 is 5.32 Å². The third-order valence-corrected chi connectivity index (χ3v) is 5.23. The number of hydrogen-bond donors (Lipinski definition) is 1. The molecule has 0 radical (unpaired) electrons. The van der Waals surface area contributed by atoms with Crippen LogP contribution >= 0.6 is 0 Å². The summed E-state index contributed by atoms with van der Waals surface area (Å²) in [5, 5.41) is 3.20. The summed E-state index contributed by atoms with van der Waals surface area (Å²) < 4.78 is 53.7. The minimum Gasteiger partial charge on any atom is -0.354 e. The van der Waals surface area contributed by atoms with Gasteiger partial charge in [0.2, 0.25) is 5.95 Å². The van der Waals surface area contributed by atoms with Gasteiger partial charge in [-0.15, -0.1) is 0 Å². The maximum atomic E-state index is 13.3. The summed E-state index contributed by atoms with van der Waals surface area (Å²) in [4.78, 5) is 12.8. The van der Waals surface area contributed by atoms with Crippen LogP contribution in [0.15, 0.2) is 42.9 Å². The van der Waals surface area contributed by atoms with Crippen LogP contribution in [-0.2, 0) is 6.54 Å². The van der Waals surface area contributed by atoms with Gasteiger partial charge in [-0.2, -0.15) is 13.2 Å². The molecule has 3 aromatic rings. The van der Waals surface area contributed by atoms with E-state index in [2.05, 4.69) is 20.3 Å². The fraction of sp³-hybridized carbons (Fsp3) is 0.381. The summed E-state index contributed by atoms with van der Waals surface area (Å²) in [7, 11) is 0. The van der Waals surface area contributed by atoms with Crippen molar-refractivity contribution >= 4 is 5.95 Å². The molecule has 1 aromatic carbocycles. The van der Waals surface area contributed by atoms with E-state index < -0.39 is 18.5 Å². The molecule has 2 aromatic heterocycles. The van der Waals surface area contributed by atoms with Crippen molar-refractivity contribution in [1.29, 1.82) is 0 Å². The number of nitrogens with one attached hydrogen (secondary N) is 1. The van der Waals surface area contributed by atoms with Crippen molar-refractivity contribution in [3.63, 3.8) is 0 Å². The van der Waals surface area contributed by atoms with Gasteiger partial charge in [0.1, 0.15) is 12.4 Å². The van der Waals surface area contributed by atoms with E-state index in [4.69, 9.17) is 0 Å². The van der Waals surface area contributed by atoms with Gasteiger partial charge in [-0.3, -0.25) is 0 Å². The molecule has 0 unspecified atom stereocenters. The first-order valence-electron chi connectivity index (χ1n) is 9.84. The number of benzene rings is 1. The van der Waals surface area contributed by atoms with Crippen molar-refractivity contribution in [3.05, 3.63) is 48.7 Å². The van der Waals surface area contributed by atoms with Crippen molar-refractivity contribution in [2.75, 3.05) is 11.9 Å². The molecule has 9 heteroatoms. The van der Waals surface area contributed by atoms with E-state index in [0.29, 0.717) is 28.8 Å². The average molecular weight is 419 g/mol. The van der Waals surface area contributed by atoms with Crippen LogP contribution in [0.25, 0.3) is 22.6 Å². The Hall–Kier alpha value is -2.97. The zero-order chi connectivity index (χ0) is 21.1. The highest BCUT2D eigenvalue weighted by Crippen LogP contribution is 2.33. The number of hydrogen-bond acceptors (Lipinski definition) is 4. The first-order chi connectivity index (χ1) is 14.4. The Morgan fingerprint density at radius 1 is 1.03 bits per heavy atom. The van der Waals surface area contributed by atoms with Crippen molar-refractivity contribution in [2.24, 2.45) is 5.92 Å². The second-order valence-electron chi connectivity index (χ2n) is 7.49. The minimum atomic E-state index is -4.42. The monoisotopic (exact) mass is 419 g/mol. The first kappa shape index (κ1) is 20.3. The Labute approximate surface area is 171 Å². The largest absolute Gasteiger partial charge is 0.406 e. The molecule has 4 rings (SSSR count). The van der Waals surface area contributed by atoms with E-state index in [1.165, 1.54) is 43.3 Å². The van der Waals surface area contributed by atoms with Gasteiger partial charge in [0.15, 0.2) is 0 Å². The normalized spacial score (nSPS) is 14.9. The Morgan fingerprint density at radius 2 is 1.77 bits per heavy atom. The quantitative estimate of drug-likeness (QED) is 0.550. The van der Waals surface area contributed by atoms with Crippen molar-refractivity contribution in [1.82, 2.24) is 19.5 Å². The Bertz CT molecular complexity index is 991. The lowest BCUT2D eigenvalue weighted by molar-refractivity contribution is -0.140. The second kappa shape index (κ2) is 8.41. The summed E-state index contributed by atoms with van der Waals surface area (Å²) in [6, 6.07) is 7.02. The average Bonchev–Trinajstić information content (AvgIpc) is 3.36. The summed E-state index contributed by atoms with van der Waals surface area (Å²) in [6.07, 6.45) is 2.95. The highest BCUT2D eigenvalue weighted by atomic mass is 19.4. The van der Waals surface area contributed by atoms with E-state index in [9.17, 15) is 17.6 Å². The summed E-state index contributed by atoms with van der Waals surface area (Å²) in [5.74, 6) is 0.488. The van der Waals surface area contributed by atoms with Gasteiger partial charge >= 0.3 is 6.18 Å². The van der Waals surface area contributed by atoms with Crippen LogP contribution in [-0.4, -0.2) is 32.2 Å². The van der Waals surface area contributed by atoms with E-state index >= 15 is 0 Å². The Balaban J connectivity index is 1.69. The van der Waals surface area contributed by atoms with E-state index in [-0.39, 0.29) is 5.69 Å². The molecule has 0 aliphatic heterocycles. The van der Waals surface area contributed by atoms with Gasteiger partial charge in [-0.25, -0.2) is 19.3 Å². The van der Waals surface area contributed by atoms with E-state index in [0.717, 1.165) is 30.3 Å². The number of anilines is 1. The zero-order valence-corrected chi connectivity index (χ0v) is 16.2. The molecular formula is C21H21F4N5. The third-order valence-electron chi connectivity index (χ3n) is 5.23. The molecule has 0 amide bonds. The Kier molecular flexibility index (Phi) is 5.69. The molecule has 1 aliphatic carbocycles. The molecule has 0 bridgehead atoms. The van der Waals surface area contributed by atoms with Crippen molar-refractivity contribution in [3.8, 4) is 22.6 Å². The van der Waals surface area contributed by atoms with E-state index in [1.54, 1.807) is 6.07 Å². The smallest absolute Gasteiger partial charge is 0.354 e. The van der Waals surface area contributed by atoms with Crippen LogP contribution in [0.2, 0.25) is 0 Å². The van der Waals surface area contributed by atoms with Gasteiger partial charge in [0.05, 0.1) is 23.4 Å². The summed E-state index contributed by atoms with van der Waals surface area (Å²) >= 11 is 0. The highest BCUT2D eigenvalue weighted by Gasteiger charge is 2.30. The predicted octanol–water partition coefficient (Wildman–Crippen LogP) is 5.31. The van der Waals surface area contributed by atoms with Crippen molar-refractivity contribution in [2.45, 2.75) is 38.4 Å². The maximum Gasteiger partial charge on any atom is 0.406 e. The minimum absolute atomic E-state index is 0.213. The number of nitrogens with zero attached hydrogens (tertiary/aromatic N) is 4. The molecule has 30 heavy (non-hydrogen) atoms. The third kappa shape index (κ3) is 4.77. The fourth-order valence-corrected chi connectivity index (χ4v) is 3.81. The second-order valence-corrected chi connectivity index (χ2v) is 7.49. The Morgan fingerprint density at radius 3 is 2.47 bits per heavy atom. The van der Waals surface area contributed by atoms with Crippen LogP contribution in [0.3, 0.4) is 0 Å². The molecule has 1 aliphatic rings. The molecule has 0 saturated heterocycles. The SMILES string of the molecule is Fc1ccc(-c2ncn(CC(F)(F)F)c2-c2ccnc(NCC3CCCC3)n2)cc1. The number of imidazole rings is 1. The number of aromatic nitrogens is 4. The molecule has 1 saturated carbocycles. The van der Waals surface area contributed by atoms with Crippen LogP contribution in [0.5, 0.6) is 0 Å². The molecular weight excluding hydrogens is 398 g/mol.